The van der Waals surface area contributed by atoms with Crippen LogP contribution in [0.3, 0.4) is 0 Å². The number of hydrogen-bond acceptors (Lipinski definition) is 4. The lowest BCUT2D eigenvalue weighted by atomic mass is 10.1. The zero-order chi connectivity index (χ0) is 25.2. The first-order valence-electron chi connectivity index (χ1n) is 12.2. The molecule has 3 aromatic carbocycles. The zero-order valence-electron chi connectivity index (χ0n) is 20.5. The van der Waals surface area contributed by atoms with E-state index in [2.05, 4.69) is 10.2 Å². The first-order valence-corrected chi connectivity index (χ1v) is 12.2. The van der Waals surface area contributed by atoms with Gasteiger partial charge < -0.3 is 14.5 Å². The van der Waals surface area contributed by atoms with Gasteiger partial charge in [-0.2, -0.15) is 0 Å². The number of halogens is 1. The predicted molar refractivity (Wildman–Crippen MR) is 138 cm³/mol. The van der Waals surface area contributed by atoms with Gasteiger partial charge in [0, 0.05) is 19.6 Å². The highest BCUT2D eigenvalue weighted by Crippen LogP contribution is 2.19. The van der Waals surface area contributed by atoms with Crippen LogP contribution in [0.4, 0.5) is 4.39 Å². The number of ether oxygens (including phenoxy) is 1. The molecule has 0 saturated carbocycles. The fourth-order valence-electron chi connectivity index (χ4n) is 4.03. The average molecular weight is 487 g/mol. The Balaban J connectivity index is 1.40. The minimum absolute atomic E-state index is 0.236. The Hall–Kier alpha value is -3.90. The van der Waals surface area contributed by atoms with Crippen molar-refractivity contribution in [3.05, 3.63) is 125 Å². The lowest BCUT2D eigenvalue weighted by Gasteiger charge is -2.22. The number of nitrogens with zero attached hydrogens (tertiary/aromatic N) is 1. The summed E-state index contributed by atoms with van der Waals surface area (Å²) in [5.41, 5.74) is 3.13. The van der Waals surface area contributed by atoms with E-state index in [-0.39, 0.29) is 17.5 Å². The number of furan rings is 1. The van der Waals surface area contributed by atoms with Crippen molar-refractivity contribution >= 4 is 5.91 Å². The van der Waals surface area contributed by atoms with Crippen LogP contribution in [0, 0.1) is 5.82 Å². The summed E-state index contributed by atoms with van der Waals surface area (Å²) >= 11 is 0. The molecule has 0 aliphatic heterocycles. The summed E-state index contributed by atoms with van der Waals surface area (Å²) < 4.78 is 25.2. The first kappa shape index (κ1) is 25.2. The molecule has 0 saturated heterocycles. The van der Waals surface area contributed by atoms with E-state index in [0.717, 1.165) is 23.3 Å². The lowest BCUT2D eigenvalue weighted by molar-refractivity contribution is 0.0922. The highest BCUT2D eigenvalue weighted by atomic mass is 19.1. The highest BCUT2D eigenvalue weighted by Gasteiger charge is 2.15. The Morgan fingerprint density at radius 2 is 1.61 bits per heavy atom. The summed E-state index contributed by atoms with van der Waals surface area (Å²) in [6, 6.07) is 28.1. The van der Waals surface area contributed by atoms with Gasteiger partial charge in [0.25, 0.3) is 5.91 Å². The molecule has 0 atom stereocenters. The van der Waals surface area contributed by atoms with Gasteiger partial charge in [-0.1, -0.05) is 54.6 Å². The standard InChI is InChI=1S/C30H31FN2O3/c1-2-35-27-13-11-24(12-14-27)20-33(21-25-9-6-10-26(31)19-25)22-28-15-16-29(36-28)30(34)32-18-17-23-7-4-3-5-8-23/h3-16,19H,2,17-18,20-22H2,1H3,(H,32,34). The topological polar surface area (TPSA) is 54.7 Å². The van der Waals surface area contributed by atoms with E-state index in [1.807, 2.05) is 73.7 Å². The summed E-state index contributed by atoms with van der Waals surface area (Å²) in [6.45, 7) is 4.73. The van der Waals surface area contributed by atoms with E-state index in [4.69, 9.17) is 9.15 Å². The fourth-order valence-corrected chi connectivity index (χ4v) is 4.03. The first-order chi connectivity index (χ1) is 17.6. The molecule has 0 spiro atoms. The molecule has 0 bridgehead atoms. The van der Waals surface area contributed by atoms with Crippen LogP contribution in [0.15, 0.2) is 95.4 Å². The van der Waals surface area contributed by atoms with Crippen molar-refractivity contribution in [3.8, 4) is 5.75 Å². The second-order valence-corrected chi connectivity index (χ2v) is 8.61. The largest absolute Gasteiger partial charge is 0.494 e. The predicted octanol–water partition coefficient (Wildman–Crippen LogP) is 5.99. The van der Waals surface area contributed by atoms with E-state index < -0.39 is 0 Å². The maximum absolute atomic E-state index is 13.8. The van der Waals surface area contributed by atoms with Crippen molar-refractivity contribution in [3.63, 3.8) is 0 Å². The average Bonchev–Trinajstić information content (AvgIpc) is 3.35. The van der Waals surface area contributed by atoms with Crippen molar-refractivity contribution in [1.29, 1.82) is 0 Å². The zero-order valence-corrected chi connectivity index (χ0v) is 20.5. The molecule has 0 unspecified atom stereocenters. The van der Waals surface area contributed by atoms with Gasteiger partial charge in [0.15, 0.2) is 5.76 Å². The summed E-state index contributed by atoms with van der Waals surface area (Å²) in [4.78, 5) is 14.7. The Morgan fingerprint density at radius 1 is 0.861 bits per heavy atom. The van der Waals surface area contributed by atoms with Gasteiger partial charge in [0.05, 0.1) is 13.2 Å². The molecule has 1 aromatic heterocycles. The summed E-state index contributed by atoms with van der Waals surface area (Å²) in [7, 11) is 0. The molecular formula is C30H31FN2O3. The van der Waals surface area contributed by atoms with E-state index in [0.29, 0.717) is 38.5 Å². The number of carbonyl (C=O) groups excluding carboxylic acids is 1. The number of hydrogen-bond donors (Lipinski definition) is 1. The minimum Gasteiger partial charge on any atom is -0.494 e. The maximum Gasteiger partial charge on any atom is 0.287 e. The summed E-state index contributed by atoms with van der Waals surface area (Å²) in [6.07, 6.45) is 0.754. The third kappa shape index (κ3) is 7.55. The van der Waals surface area contributed by atoms with Gasteiger partial charge in [0.1, 0.15) is 17.3 Å². The molecule has 4 rings (SSSR count). The molecule has 186 valence electrons. The Kier molecular flexibility index (Phi) is 8.89. The number of benzene rings is 3. The molecule has 36 heavy (non-hydrogen) atoms. The third-order valence-electron chi connectivity index (χ3n) is 5.74. The highest BCUT2D eigenvalue weighted by molar-refractivity contribution is 5.91. The third-order valence-corrected chi connectivity index (χ3v) is 5.74. The second kappa shape index (κ2) is 12.7. The molecule has 1 heterocycles. The number of carbonyl (C=O) groups is 1. The number of amides is 1. The van der Waals surface area contributed by atoms with Crippen molar-refractivity contribution in [2.75, 3.05) is 13.2 Å². The van der Waals surface area contributed by atoms with Crippen LogP contribution in [-0.4, -0.2) is 24.0 Å². The fraction of sp³-hybridized carbons (Fsp3) is 0.233. The van der Waals surface area contributed by atoms with Gasteiger partial charge in [-0.15, -0.1) is 0 Å². The van der Waals surface area contributed by atoms with Crippen LogP contribution in [-0.2, 0) is 26.1 Å². The van der Waals surface area contributed by atoms with Crippen molar-refractivity contribution < 1.29 is 18.3 Å². The van der Waals surface area contributed by atoms with Crippen molar-refractivity contribution in [2.24, 2.45) is 0 Å². The van der Waals surface area contributed by atoms with Crippen LogP contribution in [0.25, 0.3) is 0 Å². The van der Waals surface area contributed by atoms with Gasteiger partial charge in [0.2, 0.25) is 0 Å². The summed E-state index contributed by atoms with van der Waals surface area (Å²) in [5.74, 6) is 1.28. The van der Waals surface area contributed by atoms with Gasteiger partial charge in [-0.3, -0.25) is 9.69 Å². The Labute approximate surface area is 211 Å². The molecule has 5 nitrogen and oxygen atoms in total. The van der Waals surface area contributed by atoms with Crippen molar-refractivity contribution in [2.45, 2.75) is 33.0 Å². The smallest absolute Gasteiger partial charge is 0.287 e. The minimum atomic E-state index is -0.263. The monoisotopic (exact) mass is 486 g/mol. The van der Waals surface area contributed by atoms with Gasteiger partial charge in [-0.05, 0) is 66.4 Å². The normalized spacial score (nSPS) is 11.0. The van der Waals surface area contributed by atoms with E-state index in [9.17, 15) is 9.18 Å². The molecule has 6 heteroatoms. The molecule has 0 aliphatic carbocycles. The molecule has 0 radical (unpaired) electrons. The SMILES string of the molecule is CCOc1ccc(CN(Cc2cccc(F)c2)Cc2ccc(C(=O)NCCc3ccccc3)o2)cc1. The molecule has 0 aliphatic rings. The molecule has 0 fully saturated rings. The second-order valence-electron chi connectivity index (χ2n) is 8.61. The van der Waals surface area contributed by atoms with Crippen LogP contribution in [0.1, 0.15) is 39.9 Å². The van der Waals surface area contributed by atoms with Crippen LogP contribution >= 0.6 is 0 Å². The number of rotatable bonds is 12. The quantitative estimate of drug-likeness (QED) is 0.267. The van der Waals surface area contributed by atoms with E-state index >= 15 is 0 Å². The summed E-state index contributed by atoms with van der Waals surface area (Å²) in [5, 5.41) is 2.92. The Morgan fingerprint density at radius 3 is 2.36 bits per heavy atom. The van der Waals surface area contributed by atoms with E-state index in [1.54, 1.807) is 18.2 Å². The van der Waals surface area contributed by atoms with E-state index in [1.165, 1.54) is 11.6 Å². The molecular weight excluding hydrogens is 455 g/mol. The molecule has 4 aromatic rings. The van der Waals surface area contributed by atoms with Crippen LogP contribution < -0.4 is 10.1 Å². The maximum atomic E-state index is 13.8. The molecule has 1 amide bonds. The van der Waals surface area contributed by atoms with Gasteiger partial charge in [-0.25, -0.2) is 4.39 Å². The van der Waals surface area contributed by atoms with Crippen LogP contribution in [0.5, 0.6) is 5.75 Å². The van der Waals surface area contributed by atoms with Crippen LogP contribution in [0.2, 0.25) is 0 Å². The number of nitrogens with one attached hydrogen (secondary N) is 1. The lowest BCUT2D eigenvalue weighted by Crippen LogP contribution is -2.25. The molecule has 1 N–H and O–H groups in total. The Bertz CT molecular complexity index is 1240. The van der Waals surface area contributed by atoms with Gasteiger partial charge >= 0.3 is 0 Å². The van der Waals surface area contributed by atoms with Crippen molar-refractivity contribution in [1.82, 2.24) is 10.2 Å².